The van der Waals surface area contributed by atoms with Gasteiger partial charge in [-0.05, 0) is 54.5 Å². The number of carbonyl (C=O) groups is 1. The van der Waals surface area contributed by atoms with Gasteiger partial charge in [-0.15, -0.1) is 0 Å². The Morgan fingerprint density at radius 2 is 2.04 bits per heavy atom. The fourth-order valence-corrected chi connectivity index (χ4v) is 3.42. The van der Waals surface area contributed by atoms with Crippen LogP contribution < -0.4 is 10.6 Å². The lowest BCUT2D eigenvalue weighted by Gasteiger charge is -2.25. The number of pyridine rings is 1. The molecular weight excluding hydrogens is 369 g/mol. The molecule has 1 aromatic heterocycles. The molecule has 1 aromatic carbocycles. The van der Waals surface area contributed by atoms with Crippen LogP contribution in [0.25, 0.3) is 0 Å². The third-order valence-corrected chi connectivity index (χ3v) is 5.32. The van der Waals surface area contributed by atoms with Gasteiger partial charge >= 0.3 is 0 Å². The molecule has 0 saturated heterocycles. The smallest absolute Gasteiger partial charge is 0.253 e. The number of anilines is 2. The molecule has 4 nitrogen and oxygen atoms in total. The fourth-order valence-electron chi connectivity index (χ4n) is 2.96. The molecule has 1 aliphatic carbocycles. The number of aromatic nitrogens is 1. The third-order valence-electron chi connectivity index (χ3n) is 4.77. The number of nitrogens with zero attached hydrogens (tertiary/aromatic N) is 1. The first-order valence-electron chi connectivity index (χ1n) is 8.94. The van der Waals surface area contributed by atoms with Crippen LogP contribution in [0.5, 0.6) is 0 Å². The first-order chi connectivity index (χ1) is 12.4. The van der Waals surface area contributed by atoms with E-state index in [1.807, 2.05) is 6.07 Å². The average Bonchev–Trinajstić information content (AvgIpc) is 2.55. The molecule has 2 aromatic rings. The van der Waals surface area contributed by atoms with Gasteiger partial charge in [0.05, 0.1) is 16.3 Å². The van der Waals surface area contributed by atoms with Gasteiger partial charge in [-0.2, -0.15) is 0 Å². The number of rotatable bonds is 6. The third kappa shape index (κ3) is 4.49. The van der Waals surface area contributed by atoms with Crippen molar-refractivity contribution in [3.63, 3.8) is 0 Å². The highest BCUT2D eigenvalue weighted by Crippen LogP contribution is 2.30. The maximum atomic E-state index is 12.6. The van der Waals surface area contributed by atoms with Crippen LogP contribution >= 0.6 is 23.2 Å². The first-order valence-corrected chi connectivity index (χ1v) is 9.70. The second kappa shape index (κ2) is 8.28. The molecule has 1 saturated carbocycles. The lowest BCUT2D eigenvalue weighted by molar-refractivity contribution is 0.0937. The van der Waals surface area contributed by atoms with E-state index in [0.717, 1.165) is 17.8 Å². The van der Waals surface area contributed by atoms with Gasteiger partial charge in [0.2, 0.25) is 0 Å². The van der Waals surface area contributed by atoms with Crippen LogP contribution in [0.15, 0.2) is 30.5 Å². The summed E-state index contributed by atoms with van der Waals surface area (Å²) in [5.41, 5.74) is 2.31. The fraction of sp³-hybridized carbons (Fsp3) is 0.400. The van der Waals surface area contributed by atoms with Gasteiger partial charge in [0, 0.05) is 17.8 Å². The Morgan fingerprint density at radius 3 is 2.65 bits per heavy atom. The zero-order valence-corrected chi connectivity index (χ0v) is 16.5. The van der Waals surface area contributed by atoms with Crippen LogP contribution in [-0.2, 0) is 0 Å². The maximum Gasteiger partial charge on any atom is 0.253 e. The van der Waals surface area contributed by atoms with E-state index in [1.54, 1.807) is 24.4 Å². The molecular formula is C20H23Cl2N3O. The summed E-state index contributed by atoms with van der Waals surface area (Å²) in [6.45, 7) is 4.88. The van der Waals surface area contributed by atoms with Gasteiger partial charge in [0.1, 0.15) is 5.82 Å². The molecule has 26 heavy (non-hydrogen) atoms. The van der Waals surface area contributed by atoms with Gasteiger partial charge in [-0.1, -0.05) is 43.5 Å². The number of benzene rings is 1. The summed E-state index contributed by atoms with van der Waals surface area (Å²) in [4.78, 5) is 17.0. The van der Waals surface area contributed by atoms with Crippen LogP contribution in [0.2, 0.25) is 10.0 Å². The molecule has 3 rings (SSSR count). The minimum Gasteiger partial charge on any atom is -0.352 e. The van der Waals surface area contributed by atoms with E-state index in [0.29, 0.717) is 27.3 Å². The molecule has 0 atom stereocenters. The standard InChI is InChI=1S/C20H23Cl2N3O/c1-12(2)15-9-19(25-18-7-6-14(21)8-17(18)22)23-11-16(15)20(26)24-10-13-4-3-5-13/h6-9,11-13H,3-5,10H2,1-2H3,(H,23,25)(H,24,26). The molecule has 0 unspecified atom stereocenters. The molecule has 1 heterocycles. The minimum absolute atomic E-state index is 0.0517. The summed E-state index contributed by atoms with van der Waals surface area (Å²) in [5, 5.41) is 7.34. The number of hydrogen-bond donors (Lipinski definition) is 2. The van der Waals surface area contributed by atoms with Crippen LogP contribution in [0.4, 0.5) is 11.5 Å². The second-order valence-corrected chi connectivity index (χ2v) is 7.91. The Balaban J connectivity index is 1.78. The Labute approximate surface area is 164 Å². The summed E-state index contributed by atoms with van der Waals surface area (Å²) in [7, 11) is 0. The quantitative estimate of drug-likeness (QED) is 0.655. The summed E-state index contributed by atoms with van der Waals surface area (Å²) in [5.74, 6) is 1.42. The predicted octanol–water partition coefficient (Wildman–Crippen LogP) is 5.79. The Hall–Kier alpha value is -1.78. The average molecular weight is 392 g/mol. The number of halogens is 2. The Kier molecular flexibility index (Phi) is 6.05. The molecule has 0 spiro atoms. The van der Waals surface area contributed by atoms with Crippen molar-refractivity contribution in [3.8, 4) is 0 Å². The van der Waals surface area contributed by atoms with Gasteiger partial charge < -0.3 is 10.6 Å². The summed E-state index contributed by atoms with van der Waals surface area (Å²) < 4.78 is 0. The molecule has 138 valence electrons. The highest BCUT2D eigenvalue weighted by atomic mass is 35.5. The van der Waals surface area contributed by atoms with Crippen molar-refractivity contribution in [2.45, 2.75) is 39.0 Å². The maximum absolute atomic E-state index is 12.6. The first kappa shape index (κ1) is 19.0. The van der Waals surface area contributed by atoms with Gasteiger partial charge in [-0.3, -0.25) is 4.79 Å². The summed E-state index contributed by atoms with van der Waals surface area (Å²) >= 11 is 12.2. The van der Waals surface area contributed by atoms with E-state index in [-0.39, 0.29) is 11.8 Å². The van der Waals surface area contributed by atoms with Crippen molar-refractivity contribution in [1.29, 1.82) is 0 Å². The van der Waals surface area contributed by atoms with Crippen molar-refractivity contribution in [2.24, 2.45) is 5.92 Å². The Morgan fingerprint density at radius 1 is 1.27 bits per heavy atom. The molecule has 0 bridgehead atoms. The normalized spacial score (nSPS) is 14.2. The van der Waals surface area contributed by atoms with Crippen molar-refractivity contribution >= 4 is 40.6 Å². The molecule has 1 fully saturated rings. The van der Waals surface area contributed by atoms with Crippen molar-refractivity contribution < 1.29 is 4.79 Å². The number of amides is 1. The molecule has 0 radical (unpaired) electrons. The number of carbonyl (C=O) groups excluding carboxylic acids is 1. The van der Waals surface area contributed by atoms with Crippen molar-refractivity contribution in [1.82, 2.24) is 10.3 Å². The lowest BCUT2D eigenvalue weighted by atomic mass is 9.85. The van der Waals surface area contributed by atoms with E-state index >= 15 is 0 Å². The minimum atomic E-state index is -0.0517. The largest absolute Gasteiger partial charge is 0.352 e. The van der Waals surface area contributed by atoms with Gasteiger partial charge in [0.25, 0.3) is 5.91 Å². The van der Waals surface area contributed by atoms with Crippen molar-refractivity contribution in [3.05, 3.63) is 51.6 Å². The molecule has 0 aliphatic heterocycles. The van der Waals surface area contributed by atoms with Gasteiger partial charge in [-0.25, -0.2) is 4.98 Å². The topological polar surface area (TPSA) is 54.0 Å². The van der Waals surface area contributed by atoms with E-state index < -0.39 is 0 Å². The van der Waals surface area contributed by atoms with Crippen molar-refractivity contribution in [2.75, 3.05) is 11.9 Å². The Bertz CT molecular complexity index is 804. The monoisotopic (exact) mass is 391 g/mol. The molecule has 2 N–H and O–H groups in total. The van der Waals surface area contributed by atoms with Crippen LogP contribution in [-0.4, -0.2) is 17.4 Å². The van der Waals surface area contributed by atoms with E-state index in [1.165, 1.54) is 19.3 Å². The van der Waals surface area contributed by atoms with Crippen LogP contribution in [0, 0.1) is 5.92 Å². The molecule has 1 amide bonds. The summed E-state index contributed by atoms with van der Waals surface area (Å²) in [6.07, 6.45) is 5.32. The molecule has 1 aliphatic rings. The zero-order chi connectivity index (χ0) is 18.7. The molecule has 6 heteroatoms. The summed E-state index contributed by atoms with van der Waals surface area (Å²) in [6, 6.07) is 7.16. The second-order valence-electron chi connectivity index (χ2n) is 7.07. The number of hydrogen-bond acceptors (Lipinski definition) is 3. The number of nitrogens with one attached hydrogen (secondary N) is 2. The zero-order valence-electron chi connectivity index (χ0n) is 15.0. The lowest BCUT2D eigenvalue weighted by Crippen LogP contribution is -2.32. The van der Waals surface area contributed by atoms with E-state index in [4.69, 9.17) is 23.2 Å². The van der Waals surface area contributed by atoms with Gasteiger partial charge in [0.15, 0.2) is 0 Å². The predicted molar refractivity (Wildman–Crippen MR) is 108 cm³/mol. The highest BCUT2D eigenvalue weighted by molar-refractivity contribution is 6.36. The SMILES string of the molecule is CC(C)c1cc(Nc2ccc(Cl)cc2Cl)ncc1C(=O)NCC1CCC1. The van der Waals surface area contributed by atoms with E-state index in [2.05, 4.69) is 29.5 Å². The van der Waals surface area contributed by atoms with E-state index in [9.17, 15) is 4.79 Å². The van der Waals surface area contributed by atoms with Crippen LogP contribution in [0.3, 0.4) is 0 Å². The highest BCUT2D eigenvalue weighted by Gasteiger charge is 2.20. The van der Waals surface area contributed by atoms with Crippen LogP contribution in [0.1, 0.15) is 54.9 Å².